The van der Waals surface area contributed by atoms with Crippen LogP contribution in [0.3, 0.4) is 0 Å². The molecule has 3 nitrogen and oxygen atoms in total. The minimum Gasteiger partial charge on any atom is -0.379 e. The van der Waals surface area contributed by atoms with Gasteiger partial charge in [0.2, 0.25) is 0 Å². The third-order valence-electron chi connectivity index (χ3n) is 1.88. The van der Waals surface area contributed by atoms with Crippen molar-refractivity contribution >= 4 is 11.3 Å². The van der Waals surface area contributed by atoms with Crippen LogP contribution in [-0.2, 0) is 11.3 Å². The fourth-order valence-electron chi connectivity index (χ4n) is 1.03. The van der Waals surface area contributed by atoms with Crippen molar-refractivity contribution in [2.75, 3.05) is 20.2 Å². The highest BCUT2D eigenvalue weighted by atomic mass is 32.1. The van der Waals surface area contributed by atoms with Gasteiger partial charge in [-0.3, -0.25) is 0 Å². The number of methoxy groups -OCH3 is 1. The molecule has 0 aromatic carbocycles. The lowest BCUT2D eigenvalue weighted by Gasteiger charge is -2.12. The molecule has 1 aromatic rings. The van der Waals surface area contributed by atoms with E-state index >= 15 is 0 Å². The van der Waals surface area contributed by atoms with Crippen LogP contribution in [-0.4, -0.2) is 26.3 Å². The number of nitrogens with one attached hydrogen (secondary N) is 1. The Labute approximate surface area is 82.9 Å². The molecule has 0 saturated heterocycles. The van der Waals surface area contributed by atoms with Crippen molar-refractivity contribution < 1.29 is 4.74 Å². The smallest absolute Gasteiger partial charge is 0.0817 e. The Hall–Kier alpha value is -0.420. The molecule has 1 unspecified atom stereocenters. The summed E-state index contributed by atoms with van der Waals surface area (Å²) in [6.45, 7) is 2.26. The Bertz CT molecular complexity index is 209. The lowest BCUT2D eigenvalue weighted by molar-refractivity contribution is 0.108. The number of ether oxygens (including phenoxy) is 1. The Morgan fingerprint density at radius 2 is 2.54 bits per heavy atom. The van der Waals surface area contributed by atoms with Crippen LogP contribution in [0, 0.1) is 0 Å². The summed E-state index contributed by atoms with van der Waals surface area (Å²) in [7, 11) is 1.68. The number of thiophene rings is 1. The van der Waals surface area contributed by atoms with Crippen molar-refractivity contribution in [3.63, 3.8) is 0 Å². The monoisotopic (exact) mass is 200 g/mol. The molecule has 1 atom stereocenters. The standard InChI is InChI=1S/C9H16N2OS/c1-12-9(4-10)6-11-5-8-2-3-13-7-8/h2-3,7,9,11H,4-6,10H2,1H3. The van der Waals surface area contributed by atoms with E-state index in [1.165, 1.54) is 5.56 Å². The SMILES string of the molecule is COC(CN)CNCc1ccsc1. The summed E-state index contributed by atoms with van der Waals surface area (Å²) in [4.78, 5) is 0. The first-order valence-electron chi connectivity index (χ1n) is 4.31. The highest BCUT2D eigenvalue weighted by Gasteiger charge is 2.02. The molecule has 0 fully saturated rings. The minimum atomic E-state index is 0.124. The average molecular weight is 200 g/mol. The van der Waals surface area contributed by atoms with Crippen LogP contribution in [0.5, 0.6) is 0 Å². The van der Waals surface area contributed by atoms with Crippen molar-refractivity contribution in [3.8, 4) is 0 Å². The summed E-state index contributed by atoms with van der Waals surface area (Å²) >= 11 is 1.71. The molecule has 0 aliphatic carbocycles. The molecule has 13 heavy (non-hydrogen) atoms. The van der Waals surface area contributed by atoms with Gasteiger partial charge < -0.3 is 15.8 Å². The first-order valence-corrected chi connectivity index (χ1v) is 5.25. The second kappa shape index (κ2) is 6.10. The van der Waals surface area contributed by atoms with E-state index in [0.717, 1.165) is 13.1 Å². The second-order valence-electron chi connectivity index (χ2n) is 2.86. The maximum absolute atomic E-state index is 5.48. The van der Waals surface area contributed by atoms with Crippen LogP contribution in [0.25, 0.3) is 0 Å². The molecule has 0 saturated carbocycles. The first-order chi connectivity index (χ1) is 6.36. The van der Waals surface area contributed by atoms with Crippen molar-refractivity contribution in [2.45, 2.75) is 12.6 Å². The lowest BCUT2D eigenvalue weighted by Crippen LogP contribution is -2.33. The molecule has 4 heteroatoms. The second-order valence-corrected chi connectivity index (χ2v) is 3.64. The molecular weight excluding hydrogens is 184 g/mol. The van der Waals surface area contributed by atoms with Gasteiger partial charge in [0.1, 0.15) is 0 Å². The molecule has 74 valence electrons. The largest absolute Gasteiger partial charge is 0.379 e. The van der Waals surface area contributed by atoms with E-state index in [1.807, 2.05) is 0 Å². The van der Waals surface area contributed by atoms with Gasteiger partial charge in [-0.1, -0.05) is 0 Å². The van der Waals surface area contributed by atoms with Crippen LogP contribution >= 0.6 is 11.3 Å². The van der Waals surface area contributed by atoms with Crippen molar-refractivity contribution in [1.82, 2.24) is 5.32 Å². The van der Waals surface area contributed by atoms with Crippen LogP contribution in [0.2, 0.25) is 0 Å². The first kappa shape index (κ1) is 10.7. The van der Waals surface area contributed by atoms with E-state index in [9.17, 15) is 0 Å². The van der Waals surface area contributed by atoms with Crippen molar-refractivity contribution in [3.05, 3.63) is 22.4 Å². The summed E-state index contributed by atoms with van der Waals surface area (Å²) in [5.41, 5.74) is 6.80. The fraction of sp³-hybridized carbons (Fsp3) is 0.556. The summed E-state index contributed by atoms with van der Waals surface area (Å²) < 4.78 is 5.13. The van der Waals surface area contributed by atoms with Gasteiger partial charge in [0.15, 0.2) is 0 Å². The predicted octanol–water partition coefficient (Wildman–Crippen LogP) is 0.811. The number of hydrogen-bond acceptors (Lipinski definition) is 4. The average Bonchev–Trinajstić information content (AvgIpc) is 2.65. The molecule has 0 radical (unpaired) electrons. The normalized spacial score (nSPS) is 13.1. The maximum atomic E-state index is 5.48. The van der Waals surface area contributed by atoms with Gasteiger partial charge in [-0.25, -0.2) is 0 Å². The topological polar surface area (TPSA) is 47.3 Å². The van der Waals surface area contributed by atoms with E-state index in [-0.39, 0.29) is 6.10 Å². The molecule has 0 bridgehead atoms. The third kappa shape index (κ3) is 3.87. The van der Waals surface area contributed by atoms with E-state index < -0.39 is 0 Å². The Morgan fingerprint density at radius 3 is 3.08 bits per heavy atom. The number of nitrogens with two attached hydrogens (primary N) is 1. The Kier molecular flexibility index (Phi) is 5.00. The van der Waals surface area contributed by atoms with Crippen molar-refractivity contribution in [2.24, 2.45) is 5.73 Å². The summed E-state index contributed by atoms with van der Waals surface area (Å²) in [5.74, 6) is 0. The molecular formula is C9H16N2OS. The highest BCUT2D eigenvalue weighted by Crippen LogP contribution is 2.04. The molecule has 1 aromatic heterocycles. The van der Waals surface area contributed by atoms with Crippen LogP contribution in [0.1, 0.15) is 5.56 Å². The maximum Gasteiger partial charge on any atom is 0.0817 e. The van der Waals surface area contributed by atoms with Gasteiger partial charge >= 0.3 is 0 Å². The Balaban J connectivity index is 2.13. The van der Waals surface area contributed by atoms with Gasteiger partial charge in [-0.05, 0) is 22.4 Å². The van der Waals surface area contributed by atoms with Crippen molar-refractivity contribution in [1.29, 1.82) is 0 Å². The zero-order chi connectivity index (χ0) is 9.52. The van der Waals surface area contributed by atoms with E-state index in [2.05, 4.69) is 22.1 Å². The van der Waals surface area contributed by atoms with Gasteiger partial charge in [-0.2, -0.15) is 11.3 Å². The van der Waals surface area contributed by atoms with E-state index in [1.54, 1.807) is 18.4 Å². The predicted molar refractivity (Wildman–Crippen MR) is 55.9 cm³/mol. The zero-order valence-electron chi connectivity index (χ0n) is 7.82. The molecule has 1 rings (SSSR count). The van der Waals surface area contributed by atoms with Gasteiger partial charge in [0, 0.05) is 26.7 Å². The summed E-state index contributed by atoms with van der Waals surface area (Å²) in [6, 6.07) is 2.11. The molecule has 0 amide bonds. The molecule has 3 N–H and O–H groups in total. The fourth-order valence-corrected chi connectivity index (χ4v) is 1.70. The molecule has 0 aliphatic rings. The van der Waals surface area contributed by atoms with Gasteiger partial charge in [-0.15, -0.1) is 0 Å². The quantitative estimate of drug-likeness (QED) is 0.714. The van der Waals surface area contributed by atoms with Gasteiger partial charge in [0.25, 0.3) is 0 Å². The number of hydrogen-bond donors (Lipinski definition) is 2. The lowest BCUT2D eigenvalue weighted by atomic mass is 10.3. The molecule has 0 aliphatic heterocycles. The molecule has 1 heterocycles. The number of rotatable bonds is 6. The minimum absolute atomic E-state index is 0.124. The van der Waals surface area contributed by atoms with E-state index in [4.69, 9.17) is 10.5 Å². The van der Waals surface area contributed by atoms with E-state index in [0.29, 0.717) is 6.54 Å². The third-order valence-corrected chi connectivity index (χ3v) is 2.61. The van der Waals surface area contributed by atoms with Crippen LogP contribution < -0.4 is 11.1 Å². The Morgan fingerprint density at radius 1 is 1.69 bits per heavy atom. The van der Waals surface area contributed by atoms with Crippen LogP contribution in [0.4, 0.5) is 0 Å². The highest BCUT2D eigenvalue weighted by molar-refractivity contribution is 7.07. The molecule has 0 spiro atoms. The summed E-state index contributed by atoms with van der Waals surface area (Å²) in [6.07, 6.45) is 0.124. The zero-order valence-corrected chi connectivity index (χ0v) is 8.64. The van der Waals surface area contributed by atoms with Gasteiger partial charge in [0.05, 0.1) is 6.10 Å². The summed E-state index contributed by atoms with van der Waals surface area (Å²) in [5, 5.41) is 7.50. The van der Waals surface area contributed by atoms with Crippen LogP contribution in [0.15, 0.2) is 16.8 Å².